The van der Waals surface area contributed by atoms with Crippen molar-refractivity contribution in [3.8, 4) is 17.2 Å². The second-order valence-corrected chi connectivity index (χ2v) is 6.18. The smallest absolute Gasteiger partial charge is 0.504 e. The average Bonchev–Trinajstić information content (AvgIpc) is 3.13. The predicted octanol–water partition coefficient (Wildman–Crippen LogP) is 4.72. The highest BCUT2D eigenvalue weighted by molar-refractivity contribution is 6.53. The third-order valence-corrected chi connectivity index (χ3v) is 4.60. The molecule has 0 amide bonds. The number of fused-ring (bicyclic) bond motifs is 1. The van der Waals surface area contributed by atoms with Gasteiger partial charge in [0.05, 0.1) is 7.11 Å². The molecule has 0 N–H and O–H groups in total. The van der Waals surface area contributed by atoms with Gasteiger partial charge in [0.25, 0.3) is 0 Å². The molecule has 0 fully saturated rings. The van der Waals surface area contributed by atoms with Gasteiger partial charge in [-0.1, -0.05) is 42.5 Å². The Morgan fingerprint density at radius 2 is 1.38 bits per heavy atom. The summed E-state index contributed by atoms with van der Waals surface area (Å²) in [6, 6.07) is 26.1. The number of benzene rings is 3. The Morgan fingerprint density at radius 1 is 0.808 bits per heavy atom. The highest BCUT2D eigenvalue weighted by atomic mass is 16.6. The molecular formula is C21H20BNO3. The Balaban J connectivity index is 1.70. The van der Waals surface area contributed by atoms with Gasteiger partial charge in [-0.15, -0.1) is 0 Å². The molecule has 0 bridgehead atoms. The number of ether oxygens (including phenoxy) is 1. The molecule has 1 heterocycles. The SMILES string of the molecule is COc1ccc(N(B2Oc3ccccc3O2)C(C)c2ccccc2)cc1. The van der Waals surface area contributed by atoms with Crippen molar-refractivity contribution in [3.05, 3.63) is 84.4 Å². The minimum Gasteiger partial charge on any atom is -0.504 e. The monoisotopic (exact) mass is 345 g/mol. The summed E-state index contributed by atoms with van der Waals surface area (Å²) in [5.74, 6) is 2.34. The Morgan fingerprint density at radius 3 is 1.96 bits per heavy atom. The summed E-state index contributed by atoms with van der Waals surface area (Å²) in [5, 5.41) is 0. The number of methoxy groups -OCH3 is 1. The van der Waals surface area contributed by atoms with E-state index in [4.69, 9.17) is 14.0 Å². The van der Waals surface area contributed by atoms with Crippen LogP contribution in [0.25, 0.3) is 0 Å². The lowest BCUT2D eigenvalue weighted by atomic mass is 9.95. The van der Waals surface area contributed by atoms with E-state index in [0.717, 1.165) is 22.9 Å². The molecule has 4 nitrogen and oxygen atoms in total. The van der Waals surface area contributed by atoms with Gasteiger partial charge in [-0.3, -0.25) is 0 Å². The van der Waals surface area contributed by atoms with Crippen LogP contribution in [0.4, 0.5) is 5.69 Å². The van der Waals surface area contributed by atoms with Gasteiger partial charge < -0.3 is 18.9 Å². The van der Waals surface area contributed by atoms with E-state index >= 15 is 0 Å². The van der Waals surface area contributed by atoms with Gasteiger partial charge in [0.15, 0.2) is 0 Å². The van der Waals surface area contributed by atoms with E-state index in [2.05, 4.69) is 23.9 Å². The first kappa shape index (κ1) is 16.4. The first-order valence-electron chi connectivity index (χ1n) is 8.66. The van der Waals surface area contributed by atoms with Crippen molar-refractivity contribution in [1.29, 1.82) is 0 Å². The summed E-state index contributed by atoms with van der Waals surface area (Å²) in [6.07, 6.45) is 0. The predicted molar refractivity (Wildman–Crippen MR) is 104 cm³/mol. The molecule has 0 aliphatic carbocycles. The van der Waals surface area contributed by atoms with Crippen LogP contribution in [0.15, 0.2) is 78.9 Å². The summed E-state index contributed by atoms with van der Waals surface area (Å²) in [5.41, 5.74) is 2.19. The second-order valence-electron chi connectivity index (χ2n) is 6.18. The van der Waals surface area contributed by atoms with E-state index in [1.54, 1.807) is 7.11 Å². The number of rotatable bonds is 5. The van der Waals surface area contributed by atoms with Crippen molar-refractivity contribution in [2.24, 2.45) is 0 Å². The molecule has 3 aromatic carbocycles. The third kappa shape index (κ3) is 3.08. The van der Waals surface area contributed by atoms with Crippen molar-refractivity contribution in [2.75, 3.05) is 11.9 Å². The topological polar surface area (TPSA) is 30.9 Å². The van der Waals surface area contributed by atoms with Crippen LogP contribution in [0.2, 0.25) is 0 Å². The van der Waals surface area contributed by atoms with Gasteiger partial charge in [-0.2, -0.15) is 0 Å². The molecule has 1 aliphatic rings. The summed E-state index contributed by atoms with van der Waals surface area (Å²) >= 11 is 0. The van der Waals surface area contributed by atoms with E-state index in [1.165, 1.54) is 5.56 Å². The van der Waals surface area contributed by atoms with Gasteiger partial charge in [0.1, 0.15) is 17.2 Å². The molecule has 1 unspecified atom stereocenters. The van der Waals surface area contributed by atoms with Crippen LogP contribution in [0, 0.1) is 0 Å². The van der Waals surface area contributed by atoms with Crippen molar-refractivity contribution in [3.63, 3.8) is 0 Å². The van der Waals surface area contributed by atoms with E-state index < -0.39 is 7.25 Å². The molecule has 0 saturated heterocycles. The maximum atomic E-state index is 6.10. The van der Waals surface area contributed by atoms with Crippen LogP contribution in [0.5, 0.6) is 17.2 Å². The Hall–Kier alpha value is -3.08. The number of anilines is 1. The molecule has 26 heavy (non-hydrogen) atoms. The molecule has 1 aliphatic heterocycles. The minimum atomic E-state index is -0.531. The standard InChI is InChI=1S/C21H20BNO3/c1-16(17-8-4-3-5-9-17)23(18-12-14-19(24-2)15-13-18)22-25-20-10-6-7-11-21(20)26-22/h3-16H,1-2H3. The number of para-hydroxylation sites is 2. The molecule has 130 valence electrons. The summed E-state index contributed by atoms with van der Waals surface area (Å²) < 4.78 is 17.5. The fourth-order valence-electron chi connectivity index (χ4n) is 3.17. The zero-order valence-corrected chi connectivity index (χ0v) is 14.8. The molecular weight excluding hydrogens is 325 g/mol. The first-order chi connectivity index (χ1) is 12.8. The molecule has 4 rings (SSSR count). The average molecular weight is 345 g/mol. The van der Waals surface area contributed by atoms with Crippen LogP contribution in [0.3, 0.4) is 0 Å². The van der Waals surface area contributed by atoms with Gasteiger partial charge in [-0.05, 0) is 48.9 Å². The number of nitrogens with zero attached hydrogens (tertiary/aromatic N) is 1. The molecule has 3 aromatic rings. The number of hydrogen-bond donors (Lipinski definition) is 0. The Kier molecular flexibility index (Phi) is 4.44. The highest BCUT2D eigenvalue weighted by Gasteiger charge is 2.42. The molecule has 5 heteroatoms. The van der Waals surface area contributed by atoms with Gasteiger partial charge in [-0.25, -0.2) is 0 Å². The lowest BCUT2D eigenvalue weighted by molar-refractivity contribution is 0.414. The normalized spacial score (nSPS) is 13.4. The third-order valence-electron chi connectivity index (χ3n) is 4.60. The fourth-order valence-corrected chi connectivity index (χ4v) is 3.17. The van der Waals surface area contributed by atoms with Crippen LogP contribution in [-0.2, 0) is 0 Å². The lowest BCUT2D eigenvalue weighted by Crippen LogP contribution is -2.48. The van der Waals surface area contributed by atoms with E-state index in [0.29, 0.717) is 0 Å². The van der Waals surface area contributed by atoms with Gasteiger partial charge >= 0.3 is 7.25 Å². The van der Waals surface area contributed by atoms with E-state index in [1.807, 2.05) is 66.7 Å². The van der Waals surface area contributed by atoms with Crippen LogP contribution in [0.1, 0.15) is 18.5 Å². The van der Waals surface area contributed by atoms with Crippen LogP contribution in [-0.4, -0.2) is 14.4 Å². The molecule has 0 aromatic heterocycles. The zero-order valence-electron chi connectivity index (χ0n) is 14.8. The quantitative estimate of drug-likeness (QED) is 0.626. The molecule has 1 atom stereocenters. The first-order valence-corrected chi connectivity index (χ1v) is 8.66. The largest absolute Gasteiger partial charge is 0.739 e. The van der Waals surface area contributed by atoms with E-state index in [-0.39, 0.29) is 6.04 Å². The van der Waals surface area contributed by atoms with Crippen molar-refractivity contribution >= 4 is 12.9 Å². The van der Waals surface area contributed by atoms with Crippen LogP contribution < -0.4 is 18.9 Å². The summed E-state index contributed by atoms with van der Waals surface area (Å²) in [4.78, 5) is 2.13. The maximum Gasteiger partial charge on any atom is 0.739 e. The molecule has 0 saturated carbocycles. The highest BCUT2D eigenvalue weighted by Crippen LogP contribution is 2.38. The van der Waals surface area contributed by atoms with Crippen molar-refractivity contribution < 1.29 is 14.0 Å². The van der Waals surface area contributed by atoms with E-state index in [9.17, 15) is 0 Å². The van der Waals surface area contributed by atoms with Gasteiger partial charge in [0.2, 0.25) is 0 Å². The Bertz CT molecular complexity index is 845. The minimum absolute atomic E-state index is 0.0592. The Labute approximate surface area is 154 Å². The summed E-state index contributed by atoms with van der Waals surface area (Å²) in [7, 11) is 1.13. The van der Waals surface area contributed by atoms with Crippen molar-refractivity contribution in [1.82, 2.24) is 0 Å². The zero-order chi connectivity index (χ0) is 17.9. The fraction of sp³-hybridized carbons (Fsp3) is 0.143. The van der Waals surface area contributed by atoms with Crippen molar-refractivity contribution in [2.45, 2.75) is 13.0 Å². The summed E-state index contributed by atoms with van der Waals surface area (Å²) in [6.45, 7) is 2.15. The lowest BCUT2D eigenvalue weighted by Gasteiger charge is -2.31. The maximum absolute atomic E-state index is 6.10. The van der Waals surface area contributed by atoms with Crippen LogP contribution >= 0.6 is 0 Å². The van der Waals surface area contributed by atoms with Gasteiger partial charge in [0, 0.05) is 11.7 Å². The molecule has 0 spiro atoms. The second kappa shape index (κ2) is 7.04. The number of hydrogen-bond acceptors (Lipinski definition) is 4. The molecule has 0 radical (unpaired) electrons.